The second kappa shape index (κ2) is 16.7. The van der Waals surface area contributed by atoms with E-state index >= 15 is 0 Å². The molecule has 1 aliphatic carbocycles. The van der Waals surface area contributed by atoms with Gasteiger partial charge in [-0.1, -0.05) is 18.2 Å². The number of amides is 11. The van der Waals surface area contributed by atoms with E-state index in [0.717, 1.165) is 4.90 Å². The number of benzene rings is 2. The summed E-state index contributed by atoms with van der Waals surface area (Å²) < 4.78 is 10.4. The lowest BCUT2D eigenvalue weighted by Gasteiger charge is -2.34. The molecule has 19 heteroatoms. The molecule has 2 atom stereocenters. The Morgan fingerprint density at radius 3 is 1.50 bits per heavy atom. The van der Waals surface area contributed by atoms with Crippen LogP contribution in [0.5, 0.6) is 0 Å². The Bertz CT molecular complexity index is 2300. The number of ether oxygens (including phenoxy) is 2. The van der Waals surface area contributed by atoms with Gasteiger partial charge in [-0.25, -0.2) is 9.59 Å². The predicted molar refractivity (Wildman–Crippen MR) is 219 cm³/mol. The number of rotatable bonds is 7. The van der Waals surface area contributed by atoms with Gasteiger partial charge in [0, 0.05) is 31.1 Å². The average molecular weight is 882 g/mol. The molecule has 1 N–H and O–H groups in total. The average Bonchev–Trinajstić information content (AvgIpc) is 3.61. The fourth-order valence-electron chi connectivity index (χ4n) is 8.75. The lowest BCUT2D eigenvalue weighted by atomic mass is 9.78. The number of piperidine rings is 2. The Balaban J connectivity index is 0.982. The van der Waals surface area contributed by atoms with E-state index in [-0.39, 0.29) is 84.2 Å². The van der Waals surface area contributed by atoms with Crippen LogP contribution in [0.2, 0.25) is 0 Å². The monoisotopic (exact) mass is 881 g/mol. The number of anilines is 1. The van der Waals surface area contributed by atoms with Gasteiger partial charge in [0.1, 0.15) is 29.1 Å². The molecular weight excluding hydrogens is 835 g/mol. The highest BCUT2D eigenvalue weighted by Crippen LogP contribution is 2.37. The van der Waals surface area contributed by atoms with Crippen molar-refractivity contribution < 1.29 is 67.0 Å². The highest BCUT2D eigenvalue weighted by Gasteiger charge is 2.52. The van der Waals surface area contributed by atoms with Gasteiger partial charge in [-0.15, -0.1) is 0 Å². The molecule has 11 amide bonds. The maximum Gasteiger partial charge on any atom is 0.424 e. The first-order valence-corrected chi connectivity index (χ1v) is 21.0. The molecule has 4 heterocycles. The summed E-state index contributed by atoms with van der Waals surface area (Å²) in [7, 11) is 0. The van der Waals surface area contributed by atoms with Gasteiger partial charge < -0.3 is 14.8 Å². The Hall–Kier alpha value is -6.92. The number of nitrogens with one attached hydrogen (secondary N) is 1. The third-order valence-corrected chi connectivity index (χ3v) is 11.7. The molecule has 0 radical (unpaired) electrons. The van der Waals surface area contributed by atoms with Crippen LogP contribution < -0.4 is 5.32 Å². The largest absolute Gasteiger partial charge is 0.443 e. The first-order chi connectivity index (χ1) is 30.0. The number of likely N-dealkylation sites (tertiary alicyclic amines) is 2. The number of nitrogens with zero attached hydrogens (tertiary/aromatic N) is 4. The third-order valence-electron chi connectivity index (χ3n) is 11.7. The minimum Gasteiger partial charge on any atom is -0.443 e. The zero-order chi connectivity index (χ0) is 46.7. The van der Waals surface area contributed by atoms with E-state index in [2.05, 4.69) is 5.32 Å². The minimum atomic E-state index is -1.48. The van der Waals surface area contributed by atoms with Crippen molar-refractivity contribution in [3.8, 4) is 0 Å². The molecule has 1 saturated carbocycles. The van der Waals surface area contributed by atoms with Crippen molar-refractivity contribution in [2.45, 2.75) is 123 Å². The molecule has 0 aromatic heterocycles. The van der Waals surface area contributed by atoms with E-state index in [1.165, 1.54) is 36.4 Å². The second-order valence-electron chi connectivity index (χ2n) is 18.4. The summed E-state index contributed by atoms with van der Waals surface area (Å²) in [6.45, 7) is 9.31. The molecule has 4 aliphatic heterocycles. The highest BCUT2D eigenvalue weighted by molar-refractivity contribution is 6.27. The van der Waals surface area contributed by atoms with Gasteiger partial charge in [-0.3, -0.25) is 57.7 Å². The fourth-order valence-corrected chi connectivity index (χ4v) is 8.75. The van der Waals surface area contributed by atoms with E-state index in [1.54, 1.807) is 41.5 Å². The summed E-state index contributed by atoms with van der Waals surface area (Å²) in [4.78, 5) is 162. The van der Waals surface area contributed by atoms with Crippen molar-refractivity contribution >= 4 is 76.8 Å². The molecule has 336 valence electrons. The Labute approximate surface area is 366 Å². The van der Waals surface area contributed by atoms with Crippen LogP contribution in [0.15, 0.2) is 36.4 Å². The molecular formula is C45H47N5O14. The molecule has 0 spiro atoms. The normalized spacial score (nSPS) is 22.8. The van der Waals surface area contributed by atoms with Crippen molar-refractivity contribution in [3.63, 3.8) is 0 Å². The van der Waals surface area contributed by atoms with Crippen LogP contribution in [0.4, 0.5) is 15.3 Å². The molecule has 7 rings (SSSR count). The van der Waals surface area contributed by atoms with Crippen LogP contribution in [0, 0.1) is 11.8 Å². The first kappa shape index (κ1) is 45.1. The molecule has 2 saturated heterocycles. The number of hydrogen-bond acceptors (Lipinski definition) is 14. The van der Waals surface area contributed by atoms with E-state index in [1.807, 2.05) is 0 Å². The van der Waals surface area contributed by atoms with Crippen molar-refractivity contribution in [1.29, 1.82) is 0 Å². The molecule has 3 fully saturated rings. The number of carbonyl (C=O) groups is 12. The second-order valence-corrected chi connectivity index (χ2v) is 18.4. The van der Waals surface area contributed by atoms with Gasteiger partial charge in [0.05, 0.1) is 27.9 Å². The molecule has 64 heavy (non-hydrogen) atoms. The zero-order valence-electron chi connectivity index (χ0n) is 36.1. The maximum atomic E-state index is 13.9. The summed E-state index contributed by atoms with van der Waals surface area (Å²) in [6, 6.07) is 5.78. The summed E-state index contributed by atoms with van der Waals surface area (Å²) in [5.41, 5.74) is -2.10. The summed E-state index contributed by atoms with van der Waals surface area (Å²) in [5.74, 6) is -8.98. The van der Waals surface area contributed by atoms with Crippen LogP contribution in [0.25, 0.3) is 0 Å². The molecule has 2 aromatic rings. The number of imide groups is 8. The summed E-state index contributed by atoms with van der Waals surface area (Å²) in [6.07, 6.45) is -2.56. The SMILES string of the molecule is CC(C)(C)OC(=O)N1C(=O)CCC(N2C(=O)c3cccc(CC(=O)C4CCC(C(=O)Nc5cccc6c5C(=O)N(C5CCC(=O)N(C(=O)OC(C)(C)C)C5=O)C6=O)CC4)c3C2=O)C1=O. The van der Waals surface area contributed by atoms with E-state index in [9.17, 15) is 57.5 Å². The number of carbonyl (C=O) groups excluding carboxylic acids is 12. The fraction of sp³-hybridized carbons (Fsp3) is 0.467. The van der Waals surface area contributed by atoms with Crippen LogP contribution in [0.3, 0.4) is 0 Å². The molecule has 5 aliphatic rings. The molecule has 2 unspecified atom stereocenters. The van der Waals surface area contributed by atoms with E-state index in [0.29, 0.717) is 27.5 Å². The highest BCUT2D eigenvalue weighted by atomic mass is 16.6. The number of ketones is 1. The van der Waals surface area contributed by atoms with Gasteiger partial charge in [0.15, 0.2) is 0 Å². The maximum absolute atomic E-state index is 13.9. The Morgan fingerprint density at radius 1 is 0.578 bits per heavy atom. The van der Waals surface area contributed by atoms with Gasteiger partial charge in [0.2, 0.25) is 17.7 Å². The molecule has 2 aromatic carbocycles. The number of Topliss-reactive ketones (excluding diaryl/α,β-unsaturated/α-hetero) is 1. The number of fused-ring (bicyclic) bond motifs is 2. The first-order valence-electron chi connectivity index (χ1n) is 21.0. The van der Waals surface area contributed by atoms with Crippen LogP contribution in [-0.2, 0) is 44.7 Å². The standard InChI is InChI=1S/C45H47N5O14/c1-44(2,3)63-42(61)49-31(52)19-17-28(38(49)57)47-36(55)25-10-7-9-24(33(25)40(47)59)21-30(51)22-13-15-23(16-14-22)35(54)46-27-12-8-11-26-34(27)41(60)48(37(26)56)29-18-20-32(53)50(39(29)58)43(62)64-45(4,5)6/h7-12,22-23,28-29H,13-21H2,1-6H3,(H,46,54). The smallest absolute Gasteiger partial charge is 0.424 e. The van der Waals surface area contributed by atoms with Gasteiger partial charge in [-0.05, 0) is 104 Å². The lowest BCUT2D eigenvalue weighted by molar-refractivity contribution is -0.151. The van der Waals surface area contributed by atoms with E-state index < -0.39 is 100 Å². The van der Waals surface area contributed by atoms with Gasteiger partial charge >= 0.3 is 12.2 Å². The lowest BCUT2D eigenvalue weighted by Crippen LogP contribution is -2.58. The molecule has 19 nitrogen and oxygen atoms in total. The van der Waals surface area contributed by atoms with E-state index in [4.69, 9.17) is 9.47 Å². The summed E-state index contributed by atoms with van der Waals surface area (Å²) in [5, 5.41) is 2.74. The van der Waals surface area contributed by atoms with Gasteiger partial charge in [-0.2, -0.15) is 9.80 Å². The quantitative estimate of drug-likeness (QED) is 0.380. The van der Waals surface area contributed by atoms with Crippen molar-refractivity contribution in [1.82, 2.24) is 19.6 Å². The van der Waals surface area contributed by atoms with Crippen molar-refractivity contribution in [2.75, 3.05) is 5.32 Å². The van der Waals surface area contributed by atoms with Crippen molar-refractivity contribution in [3.05, 3.63) is 64.2 Å². The van der Waals surface area contributed by atoms with Crippen LogP contribution in [0.1, 0.15) is 140 Å². The predicted octanol–water partition coefficient (Wildman–Crippen LogP) is 4.34. The topological polar surface area (TPSA) is 248 Å². The van der Waals surface area contributed by atoms with Crippen LogP contribution in [-0.4, -0.2) is 114 Å². The van der Waals surface area contributed by atoms with Crippen LogP contribution >= 0.6 is 0 Å². The van der Waals surface area contributed by atoms with Gasteiger partial charge in [0.25, 0.3) is 35.4 Å². The van der Waals surface area contributed by atoms with Crippen molar-refractivity contribution in [2.24, 2.45) is 11.8 Å². The zero-order valence-corrected chi connectivity index (χ0v) is 36.1. The molecule has 0 bridgehead atoms. The third kappa shape index (κ3) is 8.33. The number of hydrogen-bond donors (Lipinski definition) is 1. The Morgan fingerprint density at radius 2 is 1.02 bits per heavy atom. The summed E-state index contributed by atoms with van der Waals surface area (Å²) >= 11 is 0. The minimum absolute atomic E-state index is 0.0233. The Kier molecular flexibility index (Phi) is 11.7.